The van der Waals surface area contributed by atoms with E-state index in [1.807, 2.05) is 29.6 Å². The molecule has 1 N–H and O–H groups in total. The first-order valence-corrected chi connectivity index (χ1v) is 8.45. The molecular formula is C17H18N2O4S. The Balaban J connectivity index is 1.43. The number of nitrogens with zero attached hydrogens (tertiary/aromatic N) is 1. The summed E-state index contributed by atoms with van der Waals surface area (Å²) in [5.41, 5.74) is 1.06. The van der Waals surface area contributed by atoms with Crippen LogP contribution in [-0.2, 0) is 11.2 Å². The van der Waals surface area contributed by atoms with Crippen molar-refractivity contribution in [3.8, 4) is 11.5 Å². The van der Waals surface area contributed by atoms with Crippen LogP contribution in [0.5, 0.6) is 11.5 Å². The average molecular weight is 346 g/mol. The highest BCUT2D eigenvalue weighted by atomic mass is 32.1. The van der Waals surface area contributed by atoms with Crippen LogP contribution in [0.1, 0.15) is 15.2 Å². The zero-order chi connectivity index (χ0) is 16.9. The number of likely N-dealkylation sites (N-methyl/N-ethyl adjacent to an activating group) is 1. The fourth-order valence-electron chi connectivity index (χ4n) is 2.37. The van der Waals surface area contributed by atoms with Crippen molar-refractivity contribution in [2.45, 2.75) is 6.42 Å². The van der Waals surface area contributed by atoms with Crippen molar-refractivity contribution >= 4 is 23.2 Å². The molecule has 3 rings (SSSR count). The van der Waals surface area contributed by atoms with Gasteiger partial charge in [-0.15, -0.1) is 11.3 Å². The van der Waals surface area contributed by atoms with Gasteiger partial charge in [0.25, 0.3) is 5.91 Å². The number of nitrogens with one attached hydrogen (secondary N) is 1. The molecule has 1 aliphatic heterocycles. The SMILES string of the molecule is CN(CC(=O)NCCc1ccc2c(c1)OCO2)C(=O)c1cccs1. The molecule has 2 aromatic rings. The van der Waals surface area contributed by atoms with Gasteiger partial charge in [-0.05, 0) is 35.6 Å². The zero-order valence-corrected chi connectivity index (χ0v) is 14.1. The van der Waals surface area contributed by atoms with E-state index in [0.29, 0.717) is 17.8 Å². The molecule has 24 heavy (non-hydrogen) atoms. The van der Waals surface area contributed by atoms with Crippen LogP contribution in [0.2, 0.25) is 0 Å². The summed E-state index contributed by atoms with van der Waals surface area (Å²) >= 11 is 1.37. The highest BCUT2D eigenvalue weighted by molar-refractivity contribution is 7.12. The smallest absolute Gasteiger partial charge is 0.264 e. The first-order valence-electron chi connectivity index (χ1n) is 7.57. The number of carbonyl (C=O) groups is 2. The minimum Gasteiger partial charge on any atom is -0.454 e. The third-order valence-corrected chi connectivity index (χ3v) is 4.49. The second-order valence-electron chi connectivity index (χ2n) is 5.43. The number of amides is 2. The van der Waals surface area contributed by atoms with Crippen molar-refractivity contribution in [2.75, 3.05) is 26.9 Å². The van der Waals surface area contributed by atoms with Crippen LogP contribution >= 0.6 is 11.3 Å². The van der Waals surface area contributed by atoms with Gasteiger partial charge in [-0.3, -0.25) is 9.59 Å². The largest absolute Gasteiger partial charge is 0.454 e. The fourth-order valence-corrected chi connectivity index (χ4v) is 3.09. The Bertz CT molecular complexity index is 730. The number of hydrogen-bond donors (Lipinski definition) is 1. The molecule has 126 valence electrons. The third-order valence-electron chi connectivity index (χ3n) is 3.63. The number of fused-ring (bicyclic) bond motifs is 1. The Labute approximate surface area is 144 Å². The van der Waals surface area contributed by atoms with Gasteiger partial charge in [0.15, 0.2) is 11.5 Å². The molecule has 0 spiro atoms. The first kappa shape index (κ1) is 16.3. The van der Waals surface area contributed by atoms with E-state index in [-0.39, 0.29) is 25.2 Å². The normalized spacial score (nSPS) is 12.0. The van der Waals surface area contributed by atoms with E-state index in [9.17, 15) is 9.59 Å². The monoisotopic (exact) mass is 346 g/mol. The number of benzene rings is 1. The summed E-state index contributed by atoms with van der Waals surface area (Å²) in [4.78, 5) is 26.1. The Kier molecular flexibility index (Phi) is 5.00. The van der Waals surface area contributed by atoms with Crippen molar-refractivity contribution in [1.82, 2.24) is 10.2 Å². The summed E-state index contributed by atoms with van der Waals surface area (Å²) in [6.07, 6.45) is 0.685. The van der Waals surface area contributed by atoms with E-state index in [4.69, 9.17) is 9.47 Å². The lowest BCUT2D eigenvalue weighted by atomic mass is 10.1. The molecule has 2 amide bonds. The van der Waals surface area contributed by atoms with E-state index in [1.54, 1.807) is 13.1 Å². The molecule has 0 unspecified atom stereocenters. The van der Waals surface area contributed by atoms with E-state index < -0.39 is 0 Å². The van der Waals surface area contributed by atoms with Gasteiger partial charge >= 0.3 is 0 Å². The topological polar surface area (TPSA) is 67.9 Å². The van der Waals surface area contributed by atoms with E-state index in [0.717, 1.165) is 17.1 Å². The maximum absolute atomic E-state index is 12.1. The molecule has 2 heterocycles. The number of rotatable bonds is 6. The van der Waals surface area contributed by atoms with Gasteiger partial charge in [0.05, 0.1) is 11.4 Å². The second kappa shape index (κ2) is 7.35. The van der Waals surface area contributed by atoms with Crippen LogP contribution in [0.3, 0.4) is 0 Å². The van der Waals surface area contributed by atoms with Crippen LogP contribution in [-0.4, -0.2) is 43.6 Å². The lowest BCUT2D eigenvalue weighted by Crippen LogP contribution is -2.38. The quantitative estimate of drug-likeness (QED) is 0.868. The maximum Gasteiger partial charge on any atom is 0.264 e. The van der Waals surface area contributed by atoms with Crippen molar-refractivity contribution in [2.24, 2.45) is 0 Å². The van der Waals surface area contributed by atoms with Crippen LogP contribution < -0.4 is 14.8 Å². The van der Waals surface area contributed by atoms with Crippen molar-refractivity contribution in [1.29, 1.82) is 0 Å². The predicted molar refractivity (Wildman–Crippen MR) is 90.6 cm³/mol. The Morgan fingerprint density at radius 1 is 1.25 bits per heavy atom. The maximum atomic E-state index is 12.1. The van der Waals surface area contributed by atoms with E-state index in [1.165, 1.54) is 16.2 Å². The van der Waals surface area contributed by atoms with Crippen LogP contribution in [0.25, 0.3) is 0 Å². The third kappa shape index (κ3) is 3.86. The molecule has 6 nitrogen and oxygen atoms in total. The van der Waals surface area contributed by atoms with Gasteiger partial charge in [0, 0.05) is 13.6 Å². The standard InChI is InChI=1S/C17H18N2O4S/c1-19(17(21)15-3-2-8-24-15)10-16(20)18-7-6-12-4-5-13-14(9-12)23-11-22-13/h2-5,8-9H,6-7,10-11H2,1H3,(H,18,20). The van der Waals surface area contributed by atoms with Crippen LogP contribution in [0.15, 0.2) is 35.7 Å². The van der Waals surface area contributed by atoms with Gasteiger partial charge < -0.3 is 19.7 Å². The summed E-state index contributed by atoms with van der Waals surface area (Å²) in [5.74, 6) is 1.16. The Morgan fingerprint density at radius 2 is 2.08 bits per heavy atom. The lowest BCUT2D eigenvalue weighted by molar-refractivity contribution is -0.121. The molecule has 0 saturated carbocycles. The van der Waals surface area contributed by atoms with Gasteiger partial charge in [-0.25, -0.2) is 0 Å². The number of thiophene rings is 1. The number of carbonyl (C=O) groups excluding carboxylic acids is 2. The predicted octanol–water partition coefficient (Wildman–Crippen LogP) is 1.91. The van der Waals surface area contributed by atoms with Gasteiger partial charge in [0.1, 0.15) is 0 Å². The molecule has 7 heteroatoms. The van der Waals surface area contributed by atoms with Crippen LogP contribution in [0, 0.1) is 0 Å². The average Bonchev–Trinajstić information content (AvgIpc) is 3.25. The molecule has 0 saturated heterocycles. The Morgan fingerprint density at radius 3 is 2.88 bits per heavy atom. The molecule has 1 aliphatic rings. The van der Waals surface area contributed by atoms with Crippen molar-refractivity contribution in [3.63, 3.8) is 0 Å². The summed E-state index contributed by atoms with van der Waals surface area (Å²) in [7, 11) is 1.62. The summed E-state index contributed by atoms with van der Waals surface area (Å²) in [5, 5.41) is 4.67. The van der Waals surface area contributed by atoms with Gasteiger partial charge in [0.2, 0.25) is 12.7 Å². The van der Waals surface area contributed by atoms with Gasteiger partial charge in [-0.2, -0.15) is 0 Å². The van der Waals surface area contributed by atoms with E-state index >= 15 is 0 Å². The van der Waals surface area contributed by atoms with Crippen molar-refractivity contribution in [3.05, 3.63) is 46.2 Å². The Hall–Kier alpha value is -2.54. The molecular weight excluding hydrogens is 328 g/mol. The highest BCUT2D eigenvalue weighted by Crippen LogP contribution is 2.32. The first-order chi connectivity index (χ1) is 11.6. The zero-order valence-electron chi connectivity index (χ0n) is 13.3. The molecule has 0 radical (unpaired) electrons. The molecule has 0 bridgehead atoms. The van der Waals surface area contributed by atoms with E-state index in [2.05, 4.69) is 5.32 Å². The lowest BCUT2D eigenvalue weighted by Gasteiger charge is -2.15. The summed E-state index contributed by atoms with van der Waals surface area (Å²) < 4.78 is 10.6. The molecule has 1 aromatic heterocycles. The highest BCUT2D eigenvalue weighted by Gasteiger charge is 2.16. The fraction of sp³-hybridized carbons (Fsp3) is 0.294. The minimum atomic E-state index is -0.178. The van der Waals surface area contributed by atoms with Crippen LogP contribution in [0.4, 0.5) is 0 Å². The minimum absolute atomic E-state index is 0.0396. The molecule has 0 aliphatic carbocycles. The summed E-state index contributed by atoms with van der Waals surface area (Å²) in [6.45, 7) is 0.789. The van der Waals surface area contributed by atoms with Crippen molar-refractivity contribution < 1.29 is 19.1 Å². The number of hydrogen-bond acceptors (Lipinski definition) is 5. The summed E-state index contributed by atoms with van der Waals surface area (Å²) in [6, 6.07) is 9.30. The molecule has 0 atom stereocenters. The second-order valence-corrected chi connectivity index (χ2v) is 6.37. The number of ether oxygens (including phenoxy) is 2. The van der Waals surface area contributed by atoms with Gasteiger partial charge in [-0.1, -0.05) is 12.1 Å². The molecule has 0 fully saturated rings. The molecule has 1 aromatic carbocycles.